The summed E-state index contributed by atoms with van der Waals surface area (Å²) >= 11 is 0. The van der Waals surface area contributed by atoms with Crippen LogP contribution in [0.25, 0.3) is 11.1 Å². The van der Waals surface area contributed by atoms with Gasteiger partial charge in [0.2, 0.25) is 0 Å². The summed E-state index contributed by atoms with van der Waals surface area (Å²) in [6, 6.07) is 22.8. The van der Waals surface area contributed by atoms with Crippen molar-refractivity contribution in [1.82, 2.24) is 0 Å². The van der Waals surface area contributed by atoms with Crippen molar-refractivity contribution in [1.29, 1.82) is 0 Å². The molecule has 0 bridgehead atoms. The van der Waals surface area contributed by atoms with Crippen LogP contribution in [0.3, 0.4) is 0 Å². The first-order valence-corrected chi connectivity index (χ1v) is 11.0. The Hall–Kier alpha value is -0.409. The molecule has 29 heavy (non-hydrogen) atoms. The van der Waals surface area contributed by atoms with Gasteiger partial charge in [0.05, 0.1) is 9.52 Å². The summed E-state index contributed by atoms with van der Waals surface area (Å²) in [6.07, 6.45) is 5.16. The Morgan fingerprint density at radius 3 is 2.03 bits per heavy atom. The number of rotatable bonds is 7. The molecular formula is C24H29Cl3SiTi. The van der Waals surface area contributed by atoms with Gasteiger partial charge in [-0.1, -0.05) is 103 Å². The van der Waals surface area contributed by atoms with Crippen molar-refractivity contribution in [3.8, 4) is 11.1 Å². The summed E-state index contributed by atoms with van der Waals surface area (Å²) < 4.78 is 0. The van der Waals surface area contributed by atoms with E-state index in [0.717, 1.165) is 0 Å². The molecular weight excluding hydrogens is 471 g/mol. The maximum Gasteiger partial charge on any atom is 4.00 e. The Morgan fingerprint density at radius 1 is 0.828 bits per heavy atom. The molecule has 3 rings (SSSR count). The molecule has 0 radical (unpaired) electrons. The first kappa shape index (κ1) is 30.8. The molecule has 154 valence electrons. The molecule has 0 aromatic heterocycles. The molecule has 0 heterocycles. The van der Waals surface area contributed by atoms with E-state index < -0.39 is 9.52 Å². The van der Waals surface area contributed by atoms with Crippen LogP contribution in [0.2, 0.25) is 0 Å². The van der Waals surface area contributed by atoms with Crippen LogP contribution in [0, 0.1) is 13.8 Å². The summed E-state index contributed by atoms with van der Waals surface area (Å²) in [5, 5.41) is 3.23. The van der Waals surface area contributed by atoms with Crippen molar-refractivity contribution in [2.24, 2.45) is 0 Å². The van der Waals surface area contributed by atoms with Gasteiger partial charge in [-0.2, -0.15) is 22.4 Å². The van der Waals surface area contributed by atoms with E-state index in [1.54, 1.807) is 15.9 Å². The van der Waals surface area contributed by atoms with Crippen molar-refractivity contribution < 1.29 is 58.9 Å². The number of hydrogen-bond donors (Lipinski definition) is 0. The molecule has 0 aliphatic carbocycles. The average Bonchev–Trinajstić information content (AvgIpc) is 2.98. The van der Waals surface area contributed by atoms with Gasteiger partial charge in [0.1, 0.15) is 0 Å². The normalized spacial score (nSPS) is 9.90. The molecule has 0 nitrogen and oxygen atoms in total. The van der Waals surface area contributed by atoms with Gasteiger partial charge in [-0.05, 0) is 13.8 Å². The third-order valence-corrected chi connectivity index (χ3v) is 6.97. The van der Waals surface area contributed by atoms with Crippen molar-refractivity contribution in [2.75, 3.05) is 0 Å². The van der Waals surface area contributed by atoms with Gasteiger partial charge >= 0.3 is 21.7 Å². The summed E-state index contributed by atoms with van der Waals surface area (Å²) in [5.41, 5.74) is 7.22. The van der Waals surface area contributed by atoms with Gasteiger partial charge in [0, 0.05) is 0 Å². The van der Waals surface area contributed by atoms with Gasteiger partial charge in [-0.3, -0.25) is 0 Å². The summed E-state index contributed by atoms with van der Waals surface area (Å²) in [7, 11) is -0.471. The zero-order valence-corrected chi connectivity index (χ0v) is 22.7. The second-order valence-corrected chi connectivity index (χ2v) is 9.12. The first-order valence-electron chi connectivity index (χ1n) is 9.57. The molecule has 3 aromatic carbocycles. The van der Waals surface area contributed by atoms with E-state index in [2.05, 4.69) is 81.4 Å². The van der Waals surface area contributed by atoms with E-state index in [1.807, 2.05) is 0 Å². The SMILES string of the molecule is CCCCC[c-]1ccc(-c2ccccc2)c1[SiH2]c1cc(C)cc(C)c1.[Cl-].[Cl-].[Cl-].[Ti+4]. The largest absolute Gasteiger partial charge is 4.00 e. The van der Waals surface area contributed by atoms with Crippen LogP contribution >= 0.6 is 0 Å². The Kier molecular flexibility index (Phi) is 16.3. The predicted molar refractivity (Wildman–Crippen MR) is 114 cm³/mol. The van der Waals surface area contributed by atoms with Crippen LogP contribution in [0.4, 0.5) is 0 Å². The average molecular weight is 500 g/mol. The minimum Gasteiger partial charge on any atom is -1.00 e. The molecule has 0 aliphatic rings. The smallest absolute Gasteiger partial charge is 1.00 e. The number of hydrogen-bond acceptors (Lipinski definition) is 0. The van der Waals surface area contributed by atoms with E-state index in [0.29, 0.717) is 0 Å². The quantitative estimate of drug-likeness (QED) is 0.175. The number of halogens is 3. The predicted octanol–water partition coefficient (Wildman–Crippen LogP) is -4.45. The maximum absolute atomic E-state index is 2.40. The molecule has 0 amide bonds. The third-order valence-electron chi connectivity index (χ3n) is 4.96. The van der Waals surface area contributed by atoms with Gasteiger partial charge in [0.25, 0.3) is 0 Å². The van der Waals surface area contributed by atoms with Crippen molar-refractivity contribution in [3.05, 3.63) is 77.4 Å². The second-order valence-electron chi connectivity index (χ2n) is 7.25. The molecule has 0 fully saturated rings. The van der Waals surface area contributed by atoms with Gasteiger partial charge in [0.15, 0.2) is 0 Å². The van der Waals surface area contributed by atoms with Crippen LogP contribution in [-0.4, -0.2) is 9.52 Å². The van der Waals surface area contributed by atoms with Gasteiger partial charge in [-0.25, -0.2) is 6.07 Å². The van der Waals surface area contributed by atoms with E-state index in [1.165, 1.54) is 47.9 Å². The number of unbranched alkanes of at least 4 members (excludes halogenated alkanes) is 2. The molecule has 5 heteroatoms. The van der Waals surface area contributed by atoms with Crippen LogP contribution in [-0.2, 0) is 28.1 Å². The van der Waals surface area contributed by atoms with Crippen LogP contribution < -0.4 is 47.6 Å². The summed E-state index contributed by atoms with van der Waals surface area (Å²) in [5.74, 6) is 0. The van der Waals surface area contributed by atoms with Crippen LogP contribution in [0.5, 0.6) is 0 Å². The van der Waals surface area contributed by atoms with Crippen LogP contribution in [0.15, 0.2) is 60.7 Å². The topological polar surface area (TPSA) is 0 Å². The maximum atomic E-state index is 2.40. The second kappa shape index (κ2) is 15.4. The molecule has 0 saturated carbocycles. The number of aryl methyl sites for hydroxylation is 3. The minimum atomic E-state index is -0.471. The standard InChI is InChI=1S/C24H29Si.3ClH.Ti/c1-4-5-7-12-21-13-14-23(20-10-8-6-9-11-20)24(21)25-22-16-18(2)15-19(3)17-22;;;;/h6,8-11,13-17H,4-5,7,12,25H2,1-3H3;3*1H;/q-1;;;;+4/p-3. The molecule has 3 aromatic rings. The van der Waals surface area contributed by atoms with Crippen LogP contribution in [0.1, 0.15) is 42.9 Å². The van der Waals surface area contributed by atoms with Gasteiger partial charge in [-0.15, -0.1) is 0 Å². The first-order chi connectivity index (χ1) is 12.2. The van der Waals surface area contributed by atoms with E-state index >= 15 is 0 Å². The van der Waals surface area contributed by atoms with E-state index in [-0.39, 0.29) is 58.9 Å². The van der Waals surface area contributed by atoms with E-state index in [4.69, 9.17) is 0 Å². The Morgan fingerprint density at radius 2 is 1.45 bits per heavy atom. The zero-order valence-electron chi connectivity index (χ0n) is 17.4. The Labute approximate surface area is 212 Å². The van der Waals surface area contributed by atoms with Gasteiger partial charge < -0.3 is 37.2 Å². The number of benzene rings is 2. The van der Waals surface area contributed by atoms with E-state index in [9.17, 15) is 0 Å². The minimum absolute atomic E-state index is 0. The molecule has 0 saturated heterocycles. The van der Waals surface area contributed by atoms with Crippen molar-refractivity contribution in [3.63, 3.8) is 0 Å². The Bertz CT molecular complexity index is 811. The molecule has 0 aliphatic heterocycles. The Balaban J connectivity index is 0. The molecule has 0 atom stereocenters. The molecule has 0 N–H and O–H groups in total. The zero-order chi connectivity index (χ0) is 17.6. The summed E-state index contributed by atoms with van der Waals surface area (Å²) in [6.45, 7) is 6.72. The molecule has 0 spiro atoms. The van der Waals surface area contributed by atoms with Crippen molar-refractivity contribution in [2.45, 2.75) is 46.5 Å². The third kappa shape index (κ3) is 8.69. The van der Waals surface area contributed by atoms with Crippen molar-refractivity contribution >= 4 is 19.9 Å². The molecule has 0 unspecified atom stereocenters. The fraction of sp³-hybridized carbons (Fsp3) is 0.292. The fourth-order valence-electron chi connectivity index (χ4n) is 3.83. The monoisotopic (exact) mass is 498 g/mol. The fourth-order valence-corrected chi connectivity index (χ4v) is 6.12. The summed E-state index contributed by atoms with van der Waals surface area (Å²) in [4.78, 5) is 0.